The minimum Gasteiger partial charge on any atom is -0.453 e. The zero-order valence-corrected chi connectivity index (χ0v) is 36.2. The average Bonchev–Trinajstić information content (AvgIpc) is 3.73. The van der Waals surface area contributed by atoms with E-state index in [4.69, 9.17) is 25.8 Å². The number of H-pyrrole nitrogens is 1. The van der Waals surface area contributed by atoms with Gasteiger partial charge in [0.15, 0.2) is 11.4 Å². The van der Waals surface area contributed by atoms with Gasteiger partial charge in [-0.15, -0.1) is 0 Å². The monoisotopic (exact) mass is 883 g/mol. The van der Waals surface area contributed by atoms with Crippen LogP contribution in [0, 0.1) is 15.5 Å². The third-order valence-electron chi connectivity index (χ3n) is 12.3. The Labute approximate surface area is 365 Å². The van der Waals surface area contributed by atoms with E-state index in [2.05, 4.69) is 41.6 Å². The van der Waals surface area contributed by atoms with Crippen LogP contribution in [-0.2, 0) is 25.9 Å². The molecule has 4 heterocycles. The van der Waals surface area contributed by atoms with Crippen molar-refractivity contribution in [1.82, 2.24) is 24.6 Å². The Bertz CT molecular complexity index is 2570. The number of aromatic amines is 1. The highest BCUT2D eigenvalue weighted by atomic mass is 35.5. The number of benzene rings is 2. The number of ether oxygens (including phenoxy) is 3. The number of carbonyl (C=O) groups is 1. The zero-order valence-electron chi connectivity index (χ0n) is 34.6. The van der Waals surface area contributed by atoms with Gasteiger partial charge >= 0.3 is 0 Å². The number of anilines is 1. The summed E-state index contributed by atoms with van der Waals surface area (Å²) in [5, 5.41) is 13.5. The van der Waals surface area contributed by atoms with Crippen molar-refractivity contribution in [2.75, 3.05) is 64.6 Å². The van der Waals surface area contributed by atoms with Crippen LogP contribution < -0.4 is 14.4 Å². The van der Waals surface area contributed by atoms with Crippen molar-refractivity contribution in [1.29, 1.82) is 0 Å². The Morgan fingerprint density at radius 3 is 2.53 bits per heavy atom. The maximum Gasteiger partial charge on any atom is 0.287 e. The molecule has 0 unspecified atom stereocenters. The lowest BCUT2D eigenvalue weighted by Gasteiger charge is -2.47. The number of amides is 1. The Morgan fingerprint density at radius 2 is 1.79 bits per heavy atom. The number of nitro groups is 1. The maximum absolute atomic E-state index is 13.8. The van der Waals surface area contributed by atoms with E-state index in [-0.39, 0.29) is 23.6 Å². The van der Waals surface area contributed by atoms with Gasteiger partial charge in [0.25, 0.3) is 21.6 Å². The van der Waals surface area contributed by atoms with Gasteiger partial charge in [-0.3, -0.25) is 19.8 Å². The van der Waals surface area contributed by atoms with Gasteiger partial charge in [0.2, 0.25) is 0 Å². The zero-order chi connectivity index (χ0) is 43.3. The molecule has 326 valence electrons. The van der Waals surface area contributed by atoms with Crippen molar-refractivity contribution in [3.05, 3.63) is 117 Å². The summed E-state index contributed by atoms with van der Waals surface area (Å²) >= 11 is 6.27. The van der Waals surface area contributed by atoms with Crippen LogP contribution in [0.15, 0.2) is 89.7 Å². The third-order valence-corrected chi connectivity index (χ3v) is 13.9. The number of carbonyl (C=O) groups excluding carboxylic acids is 1. The van der Waals surface area contributed by atoms with Crippen LogP contribution >= 0.6 is 11.6 Å². The van der Waals surface area contributed by atoms with E-state index in [1.807, 2.05) is 18.2 Å². The first kappa shape index (κ1) is 43.3. The van der Waals surface area contributed by atoms with Crippen molar-refractivity contribution in [3.8, 4) is 11.5 Å². The minimum absolute atomic E-state index is 0.0215. The van der Waals surface area contributed by atoms with Gasteiger partial charge in [-0.25, -0.2) is 23.1 Å². The van der Waals surface area contributed by atoms with Gasteiger partial charge in [0.05, 0.1) is 41.1 Å². The van der Waals surface area contributed by atoms with Crippen molar-refractivity contribution < 1.29 is 32.3 Å². The summed E-state index contributed by atoms with van der Waals surface area (Å²) in [6.45, 7) is 5.07. The van der Waals surface area contributed by atoms with Crippen LogP contribution in [-0.4, -0.2) is 98.8 Å². The summed E-state index contributed by atoms with van der Waals surface area (Å²) in [5.74, 6) is -0.727. The number of aryl methyl sites for hydroxylation is 1. The topological polar surface area (TPSA) is 182 Å². The summed E-state index contributed by atoms with van der Waals surface area (Å²) in [6, 6.07) is 17.1. The van der Waals surface area contributed by atoms with E-state index in [0.29, 0.717) is 67.4 Å². The van der Waals surface area contributed by atoms with Crippen molar-refractivity contribution in [2.24, 2.45) is 5.41 Å². The molecule has 1 spiro atoms. The fourth-order valence-electron chi connectivity index (χ4n) is 8.71. The number of piperazine rings is 1. The predicted octanol–water partition coefficient (Wildman–Crippen LogP) is 7.96. The van der Waals surface area contributed by atoms with Gasteiger partial charge in [0.1, 0.15) is 11.4 Å². The molecule has 1 aliphatic heterocycles. The number of rotatable bonds is 17. The summed E-state index contributed by atoms with van der Waals surface area (Å²) in [4.78, 5) is 41.3. The molecule has 2 aliphatic carbocycles. The molecule has 15 nitrogen and oxygen atoms in total. The van der Waals surface area contributed by atoms with Gasteiger partial charge in [-0.05, 0) is 91.8 Å². The quantitative estimate of drug-likeness (QED) is 0.0523. The second-order valence-electron chi connectivity index (χ2n) is 16.3. The van der Waals surface area contributed by atoms with E-state index in [9.17, 15) is 23.3 Å². The molecule has 5 aromatic rings. The second-order valence-corrected chi connectivity index (χ2v) is 18.4. The number of sulfonamides is 1. The summed E-state index contributed by atoms with van der Waals surface area (Å²) < 4.78 is 45.9. The molecule has 0 radical (unpaired) electrons. The second kappa shape index (κ2) is 18.9. The smallest absolute Gasteiger partial charge is 0.287 e. The fourth-order valence-corrected chi connectivity index (χ4v) is 9.81. The number of nitrogens with zero attached hydrogens (tertiary/aromatic N) is 5. The first-order valence-electron chi connectivity index (χ1n) is 21.0. The molecule has 2 aromatic carbocycles. The molecule has 0 atom stereocenters. The van der Waals surface area contributed by atoms with Crippen molar-refractivity contribution >= 4 is 55.5 Å². The van der Waals surface area contributed by atoms with Gasteiger partial charge in [-0.1, -0.05) is 41.8 Å². The number of methoxy groups -OCH3 is 1. The lowest BCUT2D eigenvalue weighted by atomic mass is 9.59. The van der Waals surface area contributed by atoms with E-state index in [1.165, 1.54) is 66.9 Å². The molecule has 0 bridgehead atoms. The number of pyridine rings is 2. The number of fused-ring (bicyclic) bond motifs is 1. The SMILES string of the molecule is COCCOCCCc1ccc(S(=O)(=O)NC(=O)c2ncc(N3CCN(CC4=C(c5ccc(Cl)cc5)CC5(CCC5)CC4)CC3)cc2Oc2cnc3[nH]ccc3c2)cc1[N+](=O)[O-]. The van der Waals surface area contributed by atoms with Crippen LogP contribution in [0.2, 0.25) is 5.02 Å². The van der Waals surface area contributed by atoms with Crippen LogP contribution in [0.1, 0.15) is 66.6 Å². The Morgan fingerprint density at radius 1 is 0.984 bits per heavy atom. The Kier molecular flexibility index (Phi) is 13.2. The molecule has 3 aromatic heterocycles. The van der Waals surface area contributed by atoms with Crippen LogP contribution in [0.5, 0.6) is 11.5 Å². The average molecular weight is 884 g/mol. The molecular formula is C45H50ClN7O8S. The molecule has 8 rings (SSSR count). The molecule has 2 N–H and O–H groups in total. The first-order chi connectivity index (χ1) is 30.0. The van der Waals surface area contributed by atoms with E-state index < -0.39 is 25.7 Å². The molecule has 62 heavy (non-hydrogen) atoms. The summed E-state index contributed by atoms with van der Waals surface area (Å²) in [5.41, 5.74) is 5.70. The summed E-state index contributed by atoms with van der Waals surface area (Å²) in [7, 11) is -3.02. The van der Waals surface area contributed by atoms with Crippen LogP contribution in [0.25, 0.3) is 16.6 Å². The molecule has 2 fully saturated rings. The number of nitro benzene ring substituents is 1. The lowest BCUT2D eigenvalue weighted by molar-refractivity contribution is -0.385. The number of hydrogen-bond acceptors (Lipinski definition) is 12. The minimum atomic E-state index is -4.58. The van der Waals surface area contributed by atoms with Crippen LogP contribution in [0.4, 0.5) is 11.4 Å². The summed E-state index contributed by atoms with van der Waals surface area (Å²) in [6.07, 6.45) is 12.9. The lowest BCUT2D eigenvalue weighted by Crippen LogP contribution is -2.47. The van der Waals surface area contributed by atoms with Crippen molar-refractivity contribution in [2.45, 2.75) is 56.3 Å². The van der Waals surface area contributed by atoms with Crippen LogP contribution in [0.3, 0.4) is 0 Å². The third kappa shape index (κ3) is 9.95. The molecule has 1 saturated heterocycles. The van der Waals surface area contributed by atoms with Gasteiger partial charge in [-0.2, -0.15) is 0 Å². The Hall–Kier alpha value is -5.39. The van der Waals surface area contributed by atoms with Gasteiger partial charge < -0.3 is 24.1 Å². The highest BCUT2D eigenvalue weighted by Crippen LogP contribution is 2.55. The molecule has 1 saturated carbocycles. The van der Waals surface area contributed by atoms with E-state index >= 15 is 0 Å². The van der Waals surface area contributed by atoms with E-state index in [0.717, 1.165) is 49.0 Å². The molecule has 17 heteroatoms. The maximum atomic E-state index is 13.8. The number of halogens is 1. The Balaban J connectivity index is 0.989. The van der Waals surface area contributed by atoms with Gasteiger partial charge in [0, 0.05) is 80.7 Å². The number of aromatic nitrogens is 3. The largest absolute Gasteiger partial charge is 0.453 e. The fraction of sp³-hybridized carbons (Fsp3) is 0.400. The highest BCUT2D eigenvalue weighted by Gasteiger charge is 2.41. The first-order valence-corrected chi connectivity index (χ1v) is 22.8. The molecular weight excluding hydrogens is 834 g/mol. The predicted molar refractivity (Wildman–Crippen MR) is 236 cm³/mol. The highest BCUT2D eigenvalue weighted by molar-refractivity contribution is 7.90. The number of nitrogens with one attached hydrogen (secondary N) is 2. The number of allylic oxidation sites excluding steroid dienone is 1. The van der Waals surface area contributed by atoms with E-state index in [1.54, 1.807) is 25.4 Å². The van der Waals surface area contributed by atoms with Crippen molar-refractivity contribution in [3.63, 3.8) is 0 Å². The number of hydrogen-bond donors (Lipinski definition) is 2. The molecule has 3 aliphatic rings. The molecule has 1 amide bonds. The standard InChI is InChI=1S/C45H50ClN7O8S/c1-59-22-23-60-21-2-4-32-7-10-38(26-40(32)53(55)56)62(57,58)50-44(54)42-41(61-37-24-33-12-16-47-43(33)49-29-37)25-36(28-48-42)52-19-17-51(18-20-52)30-34-11-15-45(13-3-14-45)27-39(34)31-5-8-35(46)9-6-31/h5-10,12,16,24-26,28-29H,2-4,11,13-15,17-23,27,30H2,1H3,(H,47,49)(H,50,54). The normalized spacial score (nSPS) is 16.7.